The van der Waals surface area contributed by atoms with Crippen LogP contribution in [0, 0.1) is 6.92 Å². The first-order chi connectivity index (χ1) is 9.73. The van der Waals surface area contributed by atoms with Crippen LogP contribution in [0.1, 0.15) is 12.0 Å². The fraction of sp³-hybridized carbons (Fsp3) is 0.462. The zero-order chi connectivity index (χ0) is 15.8. The second-order valence-corrected chi connectivity index (χ2v) is 7.91. The summed E-state index contributed by atoms with van der Waals surface area (Å²) in [6.45, 7) is 2.47. The quantitative estimate of drug-likeness (QED) is 0.786. The highest BCUT2D eigenvalue weighted by Gasteiger charge is 2.31. The van der Waals surface area contributed by atoms with Crippen molar-refractivity contribution in [2.24, 2.45) is 0 Å². The minimum absolute atomic E-state index is 0.131. The molecule has 0 bridgehead atoms. The van der Waals surface area contributed by atoms with Gasteiger partial charge in [0.2, 0.25) is 15.9 Å². The third-order valence-electron chi connectivity index (χ3n) is 3.55. The zero-order valence-corrected chi connectivity index (χ0v) is 14.4. The molecule has 116 valence electrons. The van der Waals surface area contributed by atoms with Gasteiger partial charge in [-0.3, -0.25) is 4.79 Å². The molecule has 0 unspecified atom stereocenters. The van der Waals surface area contributed by atoms with Crippen LogP contribution in [0.5, 0.6) is 0 Å². The Kier molecular flexibility index (Phi) is 4.60. The van der Waals surface area contributed by atoms with Crippen LogP contribution in [0.3, 0.4) is 0 Å². The molecule has 2 rings (SSSR count). The Bertz CT molecular complexity index is 675. The van der Waals surface area contributed by atoms with E-state index >= 15 is 0 Å². The summed E-state index contributed by atoms with van der Waals surface area (Å²) in [4.78, 5) is 13.6. The predicted molar refractivity (Wildman–Crippen MR) is 84.3 cm³/mol. The van der Waals surface area contributed by atoms with Crippen molar-refractivity contribution in [3.05, 3.63) is 22.2 Å². The lowest BCUT2D eigenvalue weighted by Crippen LogP contribution is -2.38. The van der Waals surface area contributed by atoms with E-state index in [0.29, 0.717) is 35.2 Å². The van der Waals surface area contributed by atoms with Crippen molar-refractivity contribution < 1.29 is 13.2 Å². The van der Waals surface area contributed by atoms with E-state index in [0.717, 1.165) is 0 Å². The number of benzene rings is 1. The molecule has 1 aliphatic heterocycles. The molecule has 0 aromatic heterocycles. The van der Waals surface area contributed by atoms with Crippen molar-refractivity contribution in [2.75, 3.05) is 32.4 Å². The molecule has 0 spiro atoms. The molecule has 1 heterocycles. The highest BCUT2D eigenvalue weighted by atomic mass is 79.9. The number of carbonyl (C=O) groups is 1. The fourth-order valence-corrected chi connectivity index (χ4v) is 4.38. The van der Waals surface area contributed by atoms with E-state index in [1.165, 1.54) is 10.4 Å². The molecule has 1 amide bonds. The van der Waals surface area contributed by atoms with Gasteiger partial charge in [0.15, 0.2) is 0 Å². The van der Waals surface area contributed by atoms with Crippen molar-refractivity contribution in [1.29, 1.82) is 0 Å². The number of aryl methyl sites for hydroxylation is 1. The maximum Gasteiger partial charge on any atom is 0.243 e. The Balaban J connectivity index is 2.42. The standard InChI is InChI=1S/C13H18BrN3O3S/c1-9-6-10(14)11(15)7-12(9)21(19,20)17-5-3-4-16(2)13(18)8-17/h6-7H,3-5,8,15H2,1-2H3. The van der Waals surface area contributed by atoms with Crippen molar-refractivity contribution in [3.8, 4) is 0 Å². The number of nitrogens with two attached hydrogens (primary N) is 1. The largest absolute Gasteiger partial charge is 0.398 e. The van der Waals surface area contributed by atoms with Gasteiger partial charge < -0.3 is 10.6 Å². The first-order valence-corrected chi connectivity index (χ1v) is 8.76. The van der Waals surface area contributed by atoms with Crippen LogP contribution in [0.2, 0.25) is 0 Å². The molecule has 0 saturated carbocycles. The molecular weight excluding hydrogens is 358 g/mol. The number of carbonyl (C=O) groups excluding carboxylic acids is 1. The van der Waals surface area contributed by atoms with Gasteiger partial charge in [0.05, 0.1) is 11.4 Å². The molecule has 6 nitrogen and oxygen atoms in total. The SMILES string of the molecule is Cc1cc(Br)c(N)cc1S(=O)(=O)N1CCCN(C)C(=O)C1. The van der Waals surface area contributed by atoms with Gasteiger partial charge in [-0.15, -0.1) is 0 Å². The van der Waals surface area contributed by atoms with Gasteiger partial charge in [0, 0.05) is 30.3 Å². The molecule has 1 fully saturated rings. The van der Waals surface area contributed by atoms with Gasteiger partial charge in [-0.25, -0.2) is 8.42 Å². The maximum absolute atomic E-state index is 12.8. The summed E-state index contributed by atoms with van der Waals surface area (Å²) in [5.41, 5.74) is 6.75. The highest BCUT2D eigenvalue weighted by molar-refractivity contribution is 9.10. The van der Waals surface area contributed by atoms with Gasteiger partial charge in [0.1, 0.15) is 0 Å². The van der Waals surface area contributed by atoms with Crippen LogP contribution in [-0.4, -0.2) is 50.2 Å². The first kappa shape index (κ1) is 16.3. The van der Waals surface area contributed by atoms with E-state index in [4.69, 9.17) is 5.73 Å². The van der Waals surface area contributed by atoms with Crippen LogP contribution < -0.4 is 5.73 Å². The molecule has 0 aliphatic carbocycles. The van der Waals surface area contributed by atoms with Gasteiger partial charge in [-0.1, -0.05) is 0 Å². The molecule has 8 heteroatoms. The number of nitrogen functional groups attached to an aromatic ring is 1. The molecule has 21 heavy (non-hydrogen) atoms. The van der Waals surface area contributed by atoms with Crippen molar-refractivity contribution >= 4 is 37.5 Å². The van der Waals surface area contributed by atoms with E-state index in [9.17, 15) is 13.2 Å². The molecule has 1 aliphatic rings. The van der Waals surface area contributed by atoms with E-state index in [2.05, 4.69) is 15.9 Å². The van der Waals surface area contributed by atoms with Crippen LogP contribution in [0.15, 0.2) is 21.5 Å². The molecule has 1 saturated heterocycles. The lowest BCUT2D eigenvalue weighted by molar-refractivity contribution is -0.129. The van der Waals surface area contributed by atoms with Crippen LogP contribution in [0.25, 0.3) is 0 Å². The minimum Gasteiger partial charge on any atom is -0.398 e. The number of hydrogen-bond donors (Lipinski definition) is 1. The van der Waals surface area contributed by atoms with Crippen molar-refractivity contribution in [1.82, 2.24) is 9.21 Å². The zero-order valence-electron chi connectivity index (χ0n) is 12.0. The van der Waals surface area contributed by atoms with E-state index < -0.39 is 10.0 Å². The second-order valence-electron chi connectivity index (χ2n) is 5.15. The minimum atomic E-state index is -3.73. The topological polar surface area (TPSA) is 83.7 Å². The number of rotatable bonds is 2. The van der Waals surface area contributed by atoms with Crippen LogP contribution >= 0.6 is 15.9 Å². The molecule has 1 aromatic carbocycles. The number of hydrogen-bond acceptors (Lipinski definition) is 4. The molecule has 2 N–H and O–H groups in total. The van der Waals surface area contributed by atoms with Crippen LogP contribution in [-0.2, 0) is 14.8 Å². The monoisotopic (exact) mass is 375 g/mol. The average molecular weight is 376 g/mol. The second kappa shape index (κ2) is 5.94. The average Bonchev–Trinajstić information content (AvgIpc) is 2.57. The number of sulfonamides is 1. The third kappa shape index (κ3) is 3.22. The number of anilines is 1. The summed E-state index contributed by atoms with van der Waals surface area (Å²) >= 11 is 3.28. The molecule has 0 radical (unpaired) electrons. The Morgan fingerprint density at radius 3 is 2.62 bits per heavy atom. The smallest absolute Gasteiger partial charge is 0.243 e. The van der Waals surface area contributed by atoms with E-state index in [1.54, 1.807) is 24.9 Å². The van der Waals surface area contributed by atoms with Crippen molar-refractivity contribution in [3.63, 3.8) is 0 Å². The Morgan fingerprint density at radius 2 is 1.95 bits per heavy atom. The van der Waals surface area contributed by atoms with E-state index in [-0.39, 0.29) is 17.3 Å². The number of nitrogens with zero attached hydrogens (tertiary/aromatic N) is 2. The number of likely N-dealkylation sites (N-methyl/N-ethyl adjacent to an activating group) is 1. The fourth-order valence-electron chi connectivity index (χ4n) is 2.25. The molecule has 1 aromatic rings. The lowest BCUT2D eigenvalue weighted by Gasteiger charge is -2.21. The Hall–Kier alpha value is -1.12. The predicted octanol–water partition coefficient (Wildman–Crippen LogP) is 1.19. The summed E-state index contributed by atoms with van der Waals surface area (Å²) in [6.07, 6.45) is 0.618. The lowest BCUT2D eigenvalue weighted by atomic mass is 10.2. The van der Waals surface area contributed by atoms with E-state index in [1.807, 2.05) is 0 Å². The number of amides is 1. The number of halogens is 1. The van der Waals surface area contributed by atoms with Gasteiger partial charge in [0.25, 0.3) is 0 Å². The van der Waals surface area contributed by atoms with Gasteiger partial charge in [-0.2, -0.15) is 4.31 Å². The highest BCUT2D eigenvalue weighted by Crippen LogP contribution is 2.29. The molecule has 0 atom stereocenters. The molecular formula is C13H18BrN3O3S. The summed E-state index contributed by atoms with van der Waals surface area (Å²) in [7, 11) is -2.04. The summed E-state index contributed by atoms with van der Waals surface area (Å²) in [5.74, 6) is -0.196. The van der Waals surface area contributed by atoms with Gasteiger partial charge >= 0.3 is 0 Å². The first-order valence-electron chi connectivity index (χ1n) is 6.53. The Labute approximate surface area is 133 Å². The summed E-state index contributed by atoms with van der Waals surface area (Å²) in [6, 6.07) is 3.11. The third-order valence-corrected chi connectivity index (χ3v) is 6.22. The summed E-state index contributed by atoms with van der Waals surface area (Å²) < 4.78 is 27.4. The summed E-state index contributed by atoms with van der Waals surface area (Å²) in [5, 5.41) is 0. The van der Waals surface area contributed by atoms with Crippen LogP contribution in [0.4, 0.5) is 5.69 Å². The van der Waals surface area contributed by atoms with Crippen molar-refractivity contribution in [2.45, 2.75) is 18.2 Å². The Morgan fingerprint density at radius 1 is 1.29 bits per heavy atom. The van der Waals surface area contributed by atoms with Gasteiger partial charge in [-0.05, 0) is 47.0 Å². The maximum atomic E-state index is 12.8. The normalized spacial score (nSPS) is 17.9.